The van der Waals surface area contributed by atoms with Gasteiger partial charge in [-0.25, -0.2) is 0 Å². The van der Waals surface area contributed by atoms with Gasteiger partial charge in [-0.1, -0.05) is 30.3 Å². The van der Waals surface area contributed by atoms with Crippen LogP contribution >= 0.6 is 0 Å². The molecule has 3 rings (SSSR count). The Kier molecular flexibility index (Phi) is 5.69. The number of anilines is 1. The van der Waals surface area contributed by atoms with Gasteiger partial charge in [0.25, 0.3) is 11.6 Å². The smallest absolute Gasteiger partial charge is 0.293 e. The van der Waals surface area contributed by atoms with Crippen LogP contribution in [-0.2, 0) is 13.1 Å². The summed E-state index contributed by atoms with van der Waals surface area (Å²) >= 11 is 0. The van der Waals surface area contributed by atoms with Crippen molar-refractivity contribution in [3.8, 4) is 0 Å². The Hall–Kier alpha value is -3.68. The summed E-state index contributed by atoms with van der Waals surface area (Å²) in [7, 11) is 3.26. The van der Waals surface area contributed by atoms with E-state index in [1.807, 2.05) is 41.2 Å². The van der Waals surface area contributed by atoms with E-state index in [0.717, 1.165) is 11.1 Å². The number of amides is 1. The molecular weight excluding hydrogens is 358 g/mol. The molecule has 144 valence electrons. The molecule has 1 amide bonds. The van der Waals surface area contributed by atoms with Crippen molar-refractivity contribution in [2.45, 2.75) is 13.1 Å². The highest BCUT2D eigenvalue weighted by atomic mass is 16.6. The minimum Gasteiger partial charge on any atom is -0.383 e. The maximum Gasteiger partial charge on any atom is 0.293 e. The van der Waals surface area contributed by atoms with Gasteiger partial charge in [-0.2, -0.15) is 5.10 Å². The number of hydrogen-bond acceptors (Lipinski definition) is 5. The van der Waals surface area contributed by atoms with Crippen LogP contribution in [0.25, 0.3) is 0 Å². The Morgan fingerprint density at radius 3 is 2.64 bits per heavy atom. The average molecular weight is 379 g/mol. The second kappa shape index (κ2) is 8.34. The zero-order chi connectivity index (χ0) is 20.1. The molecule has 8 nitrogen and oxygen atoms in total. The molecule has 0 aliphatic rings. The maximum atomic E-state index is 12.7. The molecule has 0 aliphatic carbocycles. The number of nitro groups is 1. The number of nitrogens with zero attached hydrogens (tertiary/aromatic N) is 4. The van der Waals surface area contributed by atoms with Gasteiger partial charge in [0, 0.05) is 44.0 Å². The summed E-state index contributed by atoms with van der Waals surface area (Å²) in [5.74, 6) is -0.290. The number of rotatable bonds is 7. The van der Waals surface area contributed by atoms with Crippen molar-refractivity contribution in [1.29, 1.82) is 0 Å². The highest BCUT2D eigenvalue weighted by Gasteiger charge is 2.19. The molecule has 1 N–H and O–H groups in total. The molecule has 0 fully saturated rings. The predicted molar refractivity (Wildman–Crippen MR) is 106 cm³/mol. The van der Waals surface area contributed by atoms with Crippen LogP contribution in [0.15, 0.2) is 60.9 Å². The first kappa shape index (κ1) is 19.1. The number of benzene rings is 2. The molecule has 0 spiro atoms. The van der Waals surface area contributed by atoms with Crippen LogP contribution in [0, 0.1) is 10.1 Å². The highest BCUT2D eigenvalue weighted by molar-refractivity contribution is 5.95. The molecule has 28 heavy (non-hydrogen) atoms. The van der Waals surface area contributed by atoms with Gasteiger partial charge in [-0.05, 0) is 17.7 Å². The fourth-order valence-corrected chi connectivity index (χ4v) is 2.94. The summed E-state index contributed by atoms with van der Waals surface area (Å²) < 4.78 is 1.82. The molecule has 0 radical (unpaired) electrons. The molecule has 0 aliphatic heterocycles. The van der Waals surface area contributed by atoms with Gasteiger partial charge < -0.3 is 10.2 Å². The molecule has 0 atom stereocenters. The van der Waals surface area contributed by atoms with Crippen molar-refractivity contribution < 1.29 is 9.72 Å². The summed E-state index contributed by atoms with van der Waals surface area (Å²) in [5.41, 5.74) is 2.53. The topological polar surface area (TPSA) is 93.3 Å². The van der Waals surface area contributed by atoms with Gasteiger partial charge in [-0.3, -0.25) is 19.6 Å². The van der Waals surface area contributed by atoms with Crippen molar-refractivity contribution >= 4 is 17.3 Å². The van der Waals surface area contributed by atoms with E-state index in [1.165, 1.54) is 17.0 Å². The monoisotopic (exact) mass is 379 g/mol. The van der Waals surface area contributed by atoms with Crippen LogP contribution in [-0.4, -0.2) is 39.6 Å². The lowest BCUT2D eigenvalue weighted by Gasteiger charge is -2.16. The molecular formula is C20H21N5O3. The lowest BCUT2D eigenvalue weighted by Crippen LogP contribution is -2.26. The van der Waals surface area contributed by atoms with E-state index in [9.17, 15) is 14.9 Å². The van der Waals surface area contributed by atoms with Crippen LogP contribution in [0.3, 0.4) is 0 Å². The summed E-state index contributed by atoms with van der Waals surface area (Å²) in [6.45, 7) is 1.01. The predicted octanol–water partition coefficient (Wildman–Crippen LogP) is 3.15. The normalized spacial score (nSPS) is 10.5. The number of hydrogen-bond donors (Lipinski definition) is 1. The Morgan fingerprint density at radius 2 is 1.96 bits per heavy atom. The molecule has 1 aromatic heterocycles. The van der Waals surface area contributed by atoms with Gasteiger partial charge in [0.1, 0.15) is 5.69 Å². The van der Waals surface area contributed by atoms with Gasteiger partial charge in [-0.15, -0.1) is 0 Å². The Bertz CT molecular complexity index is 985. The summed E-state index contributed by atoms with van der Waals surface area (Å²) in [6, 6.07) is 14.4. The standard InChI is InChI=1S/C20H21N5O3/c1-21-18-9-8-17(10-19(18)25(27)28)20(26)23(2)12-16-11-22-24(14-16)13-15-6-4-3-5-7-15/h3-11,14,21H,12-13H2,1-2H3. The van der Waals surface area contributed by atoms with Crippen molar-refractivity contribution in [1.82, 2.24) is 14.7 Å². The molecule has 8 heteroatoms. The fraction of sp³-hybridized carbons (Fsp3) is 0.200. The van der Waals surface area contributed by atoms with E-state index in [-0.39, 0.29) is 17.2 Å². The number of nitro benzene ring substituents is 1. The van der Waals surface area contributed by atoms with E-state index in [0.29, 0.717) is 18.8 Å². The van der Waals surface area contributed by atoms with E-state index >= 15 is 0 Å². The Balaban J connectivity index is 1.69. The van der Waals surface area contributed by atoms with Crippen LogP contribution in [0.5, 0.6) is 0 Å². The zero-order valence-corrected chi connectivity index (χ0v) is 15.7. The van der Waals surface area contributed by atoms with Crippen molar-refractivity contribution in [2.75, 3.05) is 19.4 Å². The van der Waals surface area contributed by atoms with Gasteiger partial charge >= 0.3 is 0 Å². The molecule has 1 heterocycles. The number of nitrogens with one attached hydrogen (secondary N) is 1. The zero-order valence-electron chi connectivity index (χ0n) is 15.7. The van der Waals surface area contributed by atoms with E-state index in [2.05, 4.69) is 10.4 Å². The molecule has 0 saturated carbocycles. The van der Waals surface area contributed by atoms with Gasteiger partial charge in [0.2, 0.25) is 0 Å². The second-order valence-corrected chi connectivity index (χ2v) is 6.43. The molecule has 3 aromatic rings. The molecule has 0 unspecified atom stereocenters. The van der Waals surface area contributed by atoms with E-state index < -0.39 is 4.92 Å². The third kappa shape index (κ3) is 4.35. The SMILES string of the molecule is CNc1ccc(C(=O)N(C)Cc2cnn(Cc3ccccc3)c2)cc1[N+](=O)[O-]. The number of carbonyl (C=O) groups excluding carboxylic acids is 1. The van der Waals surface area contributed by atoms with Crippen molar-refractivity contribution in [3.63, 3.8) is 0 Å². The lowest BCUT2D eigenvalue weighted by atomic mass is 10.1. The summed E-state index contributed by atoms with van der Waals surface area (Å²) in [5, 5.41) is 18.3. The van der Waals surface area contributed by atoms with Crippen LogP contribution < -0.4 is 5.32 Å². The van der Waals surface area contributed by atoms with E-state index in [1.54, 1.807) is 26.4 Å². The minimum atomic E-state index is -0.504. The number of aromatic nitrogens is 2. The first-order valence-electron chi connectivity index (χ1n) is 8.75. The van der Waals surface area contributed by atoms with Crippen LogP contribution in [0.2, 0.25) is 0 Å². The lowest BCUT2D eigenvalue weighted by molar-refractivity contribution is -0.384. The van der Waals surface area contributed by atoms with Crippen LogP contribution in [0.1, 0.15) is 21.5 Å². The first-order valence-corrected chi connectivity index (χ1v) is 8.75. The summed E-state index contributed by atoms with van der Waals surface area (Å²) in [6.07, 6.45) is 3.61. The molecule has 0 saturated heterocycles. The largest absolute Gasteiger partial charge is 0.383 e. The van der Waals surface area contributed by atoms with Crippen molar-refractivity contribution in [3.05, 3.63) is 87.7 Å². The fourth-order valence-electron chi connectivity index (χ4n) is 2.94. The number of carbonyl (C=O) groups is 1. The first-order chi connectivity index (χ1) is 13.5. The molecule has 2 aromatic carbocycles. The third-order valence-electron chi connectivity index (χ3n) is 4.35. The van der Waals surface area contributed by atoms with E-state index in [4.69, 9.17) is 0 Å². The quantitative estimate of drug-likeness (QED) is 0.503. The van der Waals surface area contributed by atoms with Crippen molar-refractivity contribution in [2.24, 2.45) is 0 Å². The average Bonchev–Trinajstić information content (AvgIpc) is 3.14. The Labute approximate surface area is 162 Å². The van der Waals surface area contributed by atoms with Gasteiger partial charge in [0.15, 0.2) is 0 Å². The third-order valence-corrected chi connectivity index (χ3v) is 4.35. The Morgan fingerprint density at radius 1 is 1.21 bits per heavy atom. The van der Waals surface area contributed by atoms with Crippen LogP contribution in [0.4, 0.5) is 11.4 Å². The summed E-state index contributed by atoms with van der Waals surface area (Å²) in [4.78, 5) is 24.9. The minimum absolute atomic E-state index is 0.127. The highest BCUT2D eigenvalue weighted by Crippen LogP contribution is 2.25. The maximum absolute atomic E-state index is 12.7. The second-order valence-electron chi connectivity index (χ2n) is 6.43. The van der Waals surface area contributed by atoms with Gasteiger partial charge in [0.05, 0.1) is 17.7 Å². The molecule has 0 bridgehead atoms.